The van der Waals surface area contributed by atoms with E-state index in [2.05, 4.69) is 5.32 Å². The predicted octanol–water partition coefficient (Wildman–Crippen LogP) is 2.30. The summed E-state index contributed by atoms with van der Waals surface area (Å²) in [6.45, 7) is 3.74. The van der Waals surface area contributed by atoms with Gasteiger partial charge >= 0.3 is 0 Å². The topological polar surface area (TPSA) is 67.9 Å². The highest BCUT2D eigenvalue weighted by Crippen LogP contribution is 2.31. The molecular formula is C20H20N2O4. The zero-order chi connectivity index (χ0) is 18.1. The molecule has 2 amide bonds. The largest absolute Gasteiger partial charge is 0.486 e. The third-order valence-corrected chi connectivity index (χ3v) is 4.68. The monoisotopic (exact) mass is 352 g/mol. The molecule has 134 valence electrons. The Kier molecular flexibility index (Phi) is 4.24. The van der Waals surface area contributed by atoms with Crippen LogP contribution in [0.4, 0.5) is 5.69 Å². The molecular weight excluding hydrogens is 332 g/mol. The van der Waals surface area contributed by atoms with Crippen molar-refractivity contribution in [2.24, 2.45) is 0 Å². The minimum Gasteiger partial charge on any atom is -0.486 e. The minimum atomic E-state index is -0.135. The Balaban J connectivity index is 1.43. The lowest BCUT2D eigenvalue weighted by Crippen LogP contribution is -2.26. The van der Waals surface area contributed by atoms with Gasteiger partial charge in [-0.25, -0.2) is 0 Å². The standard InChI is InChI=1S/C20H20N2O4/c1-13(23)22-7-6-15-11-16(3-4-17(15)22)20(24)21-12-14-2-5-18-19(10-14)26-9-8-25-18/h2-5,10-11H,6-9,12H2,1H3,(H,21,24). The first-order chi connectivity index (χ1) is 12.6. The number of hydrogen-bond acceptors (Lipinski definition) is 4. The number of nitrogens with one attached hydrogen (secondary N) is 1. The number of anilines is 1. The van der Waals surface area contributed by atoms with Gasteiger partial charge in [0.05, 0.1) is 0 Å². The first-order valence-electron chi connectivity index (χ1n) is 8.69. The second-order valence-electron chi connectivity index (χ2n) is 6.42. The maximum Gasteiger partial charge on any atom is 0.251 e. The van der Waals surface area contributed by atoms with Crippen molar-refractivity contribution < 1.29 is 19.1 Å². The average Bonchev–Trinajstić information content (AvgIpc) is 3.09. The maximum atomic E-state index is 12.5. The van der Waals surface area contributed by atoms with E-state index in [0.29, 0.717) is 37.6 Å². The Hall–Kier alpha value is -3.02. The maximum absolute atomic E-state index is 12.5. The Bertz CT molecular complexity index is 878. The predicted molar refractivity (Wildman–Crippen MR) is 96.8 cm³/mol. The van der Waals surface area contributed by atoms with Crippen molar-refractivity contribution in [2.75, 3.05) is 24.7 Å². The van der Waals surface area contributed by atoms with Crippen LogP contribution < -0.4 is 19.7 Å². The summed E-state index contributed by atoms with van der Waals surface area (Å²) in [6, 6.07) is 11.2. The number of nitrogens with zero attached hydrogens (tertiary/aromatic N) is 1. The fourth-order valence-corrected chi connectivity index (χ4v) is 3.35. The third-order valence-electron chi connectivity index (χ3n) is 4.68. The summed E-state index contributed by atoms with van der Waals surface area (Å²) in [6.07, 6.45) is 0.776. The molecule has 2 aliphatic rings. The van der Waals surface area contributed by atoms with Gasteiger partial charge in [0.25, 0.3) is 5.91 Å². The van der Waals surface area contributed by atoms with Gasteiger partial charge in [0.2, 0.25) is 5.91 Å². The lowest BCUT2D eigenvalue weighted by molar-refractivity contribution is -0.116. The van der Waals surface area contributed by atoms with Gasteiger partial charge in [-0.2, -0.15) is 0 Å². The summed E-state index contributed by atoms with van der Waals surface area (Å²) in [7, 11) is 0. The fourth-order valence-electron chi connectivity index (χ4n) is 3.35. The van der Waals surface area contributed by atoms with E-state index in [1.54, 1.807) is 17.9 Å². The highest BCUT2D eigenvalue weighted by atomic mass is 16.6. The third kappa shape index (κ3) is 3.10. The van der Waals surface area contributed by atoms with Gasteiger partial charge < -0.3 is 19.7 Å². The lowest BCUT2D eigenvalue weighted by atomic mass is 10.1. The highest BCUT2D eigenvalue weighted by Gasteiger charge is 2.23. The number of hydrogen-bond donors (Lipinski definition) is 1. The minimum absolute atomic E-state index is 0.0274. The lowest BCUT2D eigenvalue weighted by Gasteiger charge is -2.19. The van der Waals surface area contributed by atoms with Crippen LogP contribution in [-0.2, 0) is 17.8 Å². The molecule has 2 heterocycles. The SMILES string of the molecule is CC(=O)N1CCc2cc(C(=O)NCc3ccc4c(c3)OCCO4)ccc21. The second kappa shape index (κ2) is 6.71. The molecule has 26 heavy (non-hydrogen) atoms. The van der Waals surface area contributed by atoms with Gasteiger partial charge in [-0.15, -0.1) is 0 Å². The summed E-state index contributed by atoms with van der Waals surface area (Å²) < 4.78 is 11.1. The molecule has 2 aliphatic heterocycles. The van der Waals surface area contributed by atoms with E-state index in [4.69, 9.17) is 9.47 Å². The Labute approximate surface area is 151 Å². The highest BCUT2D eigenvalue weighted by molar-refractivity contribution is 5.97. The van der Waals surface area contributed by atoms with E-state index in [0.717, 1.165) is 29.0 Å². The van der Waals surface area contributed by atoms with Gasteiger partial charge in [-0.3, -0.25) is 9.59 Å². The van der Waals surface area contributed by atoms with E-state index < -0.39 is 0 Å². The number of carbonyl (C=O) groups excluding carboxylic acids is 2. The number of rotatable bonds is 3. The molecule has 2 aromatic rings. The molecule has 0 aromatic heterocycles. The summed E-state index contributed by atoms with van der Waals surface area (Å²) in [5, 5.41) is 2.93. The molecule has 1 N–H and O–H groups in total. The smallest absolute Gasteiger partial charge is 0.251 e. The number of amides is 2. The summed E-state index contributed by atoms with van der Waals surface area (Å²) in [4.78, 5) is 25.8. The molecule has 0 aliphatic carbocycles. The van der Waals surface area contributed by atoms with Crippen LogP contribution in [0.2, 0.25) is 0 Å². The van der Waals surface area contributed by atoms with Crippen molar-refractivity contribution >= 4 is 17.5 Å². The molecule has 2 aromatic carbocycles. The van der Waals surface area contributed by atoms with E-state index in [9.17, 15) is 9.59 Å². The molecule has 0 atom stereocenters. The molecule has 0 saturated heterocycles. The van der Waals surface area contributed by atoms with Crippen molar-refractivity contribution in [2.45, 2.75) is 19.9 Å². The average molecular weight is 352 g/mol. The zero-order valence-electron chi connectivity index (χ0n) is 14.6. The van der Waals surface area contributed by atoms with E-state index in [-0.39, 0.29) is 11.8 Å². The first-order valence-corrected chi connectivity index (χ1v) is 8.69. The summed E-state index contributed by atoms with van der Waals surface area (Å²) >= 11 is 0. The molecule has 0 spiro atoms. The van der Waals surface area contributed by atoms with E-state index in [1.807, 2.05) is 30.3 Å². The van der Waals surface area contributed by atoms with Crippen molar-refractivity contribution in [3.63, 3.8) is 0 Å². The fraction of sp³-hybridized carbons (Fsp3) is 0.300. The first kappa shape index (κ1) is 16.4. The van der Waals surface area contributed by atoms with Crippen molar-refractivity contribution in [3.05, 3.63) is 53.1 Å². The van der Waals surface area contributed by atoms with Gasteiger partial charge in [-0.05, 0) is 47.9 Å². The zero-order valence-corrected chi connectivity index (χ0v) is 14.6. The molecule has 6 nitrogen and oxygen atoms in total. The van der Waals surface area contributed by atoms with Crippen LogP contribution in [0.1, 0.15) is 28.4 Å². The molecule has 0 unspecified atom stereocenters. The number of ether oxygens (including phenoxy) is 2. The van der Waals surface area contributed by atoms with Gasteiger partial charge in [-0.1, -0.05) is 6.07 Å². The van der Waals surface area contributed by atoms with Crippen LogP contribution in [0.3, 0.4) is 0 Å². The molecule has 4 rings (SSSR count). The number of benzene rings is 2. The number of carbonyl (C=O) groups is 2. The van der Waals surface area contributed by atoms with Crippen LogP contribution >= 0.6 is 0 Å². The quantitative estimate of drug-likeness (QED) is 0.920. The van der Waals surface area contributed by atoms with Gasteiger partial charge in [0.1, 0.15) is 13.2 Å². The van der Waals surface area contributed by atoms with Crippen molar-refractivity contribution in [3.8, 4) is 11.5 Å². The van der Waals surface area contributed by atoms with Gasteiger partial charge in [0, 0.05) is 31.3 Å². The van der Waals surface area contributed by atoms with Crippen molar-refractivity contribution in [1.29, 1.82) is 0 Å². The Morgan fingerprint density at radius 1 is 1.08 bits per heavy atom. The molecule has 0 fully saturated rings. The molecule has 0 saturated carbocycles. The van der Waals surface area contributed by atoms with Crippen LogP contribution in [0.5, 0.6) is 11.5 Å². The van der Waals surface area contributed by atoms with Crippen LogP contribution in [0.25, 0.3) is 0 Å². The van der Waals surface area contributed by atoms with E-state index in [1.165, 1.54) is 0 Å². The van der Waals surface area contributed by atoms with Crippen molar-refractivity contribution in [1.82, 2.24) is 5.32 Å². The Morgan fingerprint density at radius 2 is 1.88 bits per heavy atom. The molecule has 6 heteroatoms. The number of fused-ring (bicyclic) bond motifs is 2. The summed E-state index contributed by atoms with van der Waals surface area (Å²) in [5.74, 6) is 1.34. The second-order valence-corrected chi connectivity index (χ2v) is 6.42. The molecule has 0 radical (unpaired) electrons. The van der Waals surface area contributed by atoms with Crippen LogP contribution in [-0.4, -0.2) is 31.6 Å². The molecule has 0 bridgehead atoms. The normalized spacial score (nSPS) is 14.7. The van der Waals surface area contributed by atoms with E-state index >= 15 is 0 Å². The van der Waals surface area contributed by atoms with Crippen LogP contribution in [0.15, 0.2) is 36.4 Å². The van der Waals surface area contributed by atoms with Crippen LogP contribution in [0, 0.1) is 0 Å². The summed E-state index contributed by atoms with van der Waals surface area (Å²) in [5.41, 5.74) is 3.49. The Morgan fingerprint density at radius 3 is 2.69 bits per heavy atom. The van der Waals surface area contributed by atoms with Gasteiger partial charge in [0.15, 0.2) is 11.5 Å².